The molecule has 1 amide bonds. The van der Waals surface area contributed by atoms with Crippen LogP contribution in [0.2, 0.25) is 0 Å². The number of fused-ring (bicyclic) bond motifs is 1. The summed E-state index contributed by atoms with van der Waals surface area (Å²) in [6, 6.07) is 17.8. The first-order valence-corrected chi connectivity index (χ1v) is 10.6. The number of thiophene rings is 1. The molecule has 1 aromatic heterocycles. The number of carbonyl (C=O) groups excluding carboxylic acids is 1. The van der Waals surface area contributed by atoms with Gasteiger partial charge in [-0.05, 0) is 47.7 Å². The van der Waals surface area contributed by atoms with E-state index in [2.05, 4.69) is 22.8 Å². The SMILES string of the molecule is O=C(NCCc1ccc2c(c1)OCO2)c1ccccc1SCc1cccs1. The Kier molecular flexibility index (Phi) is 5.65. The molecule has 0 spiro atoms. The molecule has 1 N–H and O–H groups in total. The van der Waals surface area contributed by atoms with Gasteiger partial charge in [-0.3, -0.25) is 4.79 Å². The van der Waals surface area contributed by atoms with E-state index in [1.165, 1.54) is 4.88 Å². The number of rotatable bonds is 7. The van der Waals surface area contributed by atoms with Crippen molar-refractivity contribution in [3.05, 3.63) is 76.0 Å². The second-order valence-electron chi connectivity index (χ2n) is 6.06. The Morgan fingerprint density at radius 1 is 1.07 bits per heavy atom. The highest BCUT2D eigenvalue weighted by atomic mass is 32.2. The Bertz CT molecular complexity index is 925. The van der Waals surface area contributed by atoms with Gasteiger partial charge >= 0.3 is 0 Å². The predicted octanol–water partition coefficient (Wildman–Crippen LogP) is 4.74. The van der Waals surface area contributed by atoms with Crippen molar-refractivity contribution in [1.29, 1.82) is 0 Å². The zero-order valence-electron chi connectivity index (χ0n) is 14.6. The lowest BCUT2D eigenvalue weighted by atomic mass is 10.1. The molecule has 1 aliphatic heterocycles. The second kappa shape index (κ2) is 8.50. The Morgan fingerprint density at radius 3 is 2.85 bits per heavy atom. The van der Waals surface area contributed by atoms with Gasteiger partial charge in [0.15, 0.2) is 11.5 Å². The lowest BCUT2D eigenvalue weighted by molar-refractivity contribution is 0.0951. The number of amides is 1. The van der Waals surface area contributed by atoms with Gasteiger partial charge in [0.2, 0.25) is 6.79 Å². The molecule has 0 aliphatic carbocycles. The molecular weight excluding hydrogens is 378 g/mol. The fraction of sp³-hybridized carbons (Fsp3) is 0.190. The number of carbonyl (C=O) groups is 1. The van der Waals surface area contributed by atoms with Crippen LogP contribution in [0.1, 0.15) is 20.8 Å². The number of nitrogens with one attached hydrogen (secondary N) is 1. The summed E-state index contributed by atoms with van der Waals surface area (Å²) in [6.45, 7) is 0.845. The molecule has 4 rings (SSSR count). The highest BCUT2D eigenvalue weighted by molar-refractivity contribution is 7.98. The van der Waals surface area contributed by atoms with Gasteiger partial charge in [-0.25, -0.2) is 0 Å². The average Bonchev–Trinajstić information content (AvgIpc) is 3.38. The van der Waals surface area contributed by atoms with Gasteiger partial charge in [0.1, 0.15) is 0 Å². The fourth-order valence-corrected chi connectivity index (χ4v) is 4.66. The quantitative estimate of drug-likeness (QED) is 0.585. The predicted molar refractivity (Wildman–Crippen MR) is 109 cm³/mol. The van der Waals surface area contributed by atoms with Crippen molar-refractivity contribution in [2.45, 2.75) is 17.1 Å². The zero-order chi connectivity index (χ0) is 18.5. The van der Waals surface area contributed by atoms with E-state index in [4.69, 9.17) is 9.47 Å². The lowest BCUT2D eigenvalue weighted by Gasteiger charge is -2.10. The molecule has 0 unspecified atom stereocenters. The van der Waals surface area contributed by atoms with Crippen LogP contribution in [-0.2, 0) is 12.2 Å². The summed E-state index contributed by atoms with van der Waals surface area (Å²) in [4.78, 5) is 14.9. The summed E-state index contributed by atoms with van der Waals surface area (Å²) < 4.78 is 10.7. The molecule has 0 saturated heterocycles. The molecule has 138 valence electrons. The molecule has 4 nitrogen and oxygen atoms in total. The van der Waals surface area contributed by atoms with Crippen LogP contribution in [-0.4, -0.2) is 19.2 Å². The third-order valence-corrected chi connectivity index (χ3v) is 6.40. The lowest BCUT2D eigenvalue weighted by Crippen LogP contribution is -2.26. The van der Waals surface area contributed by atoms with Crippen LogP contribution in [0.25, 0.3) is 0 Å². The van der Waals surface area contributed by atoms with Crippen molar-refractivity contribution in [1.82, 2.24) is 5.32 Å². The normalized spacial score (nSPS) is 12.1. The van der Waals surface area contributed by atoms with E-state index in [0.717, 1.165) is 39.7 Å². The molecule has 3 aromatic rings. The second-order valence-corrected chi connectivity index (χ2v) is 8.11. The van der Waals surface area contributed by atoms with Crippen molar-refractivity contribution in [3.63, 3.8) is 0 Å². The molecule has 6 heteroatoms. The van der Waals surface area contributed by atoms with Crippen LogP contribution in [0, 0.1) is 0 Å². The van der Waals surface area contributed by atoms with E-state index in [1.54, 1.807) is 23.1 Å². The van der Waals surface area contributed by atoms with Crippen molar-refractivity contribution < 1.29 is 14.3 Å². The third kappa shape index (κ3) is 4.46. The van der Waals surface area contributed by atoms with E-state index >= 15 is 0 Å². The van der Waals surface area contributed by atoms with E-state index in [1.807, 2.05) is 42.5 Å². The molecule has 0 atom stereocenters. The zero-order valence-corrected chi connectivity index (χ0v) is 16.3. The molecule has 0 radical (unpaired) electrons. The summed E-state index contributed by atoms with van der Waals surface area (Å²) in [7, 11) is 0. The Balaban J connectivity index is 1.34. The van der Waals surface area contributed by atoms with Crippen LogP contribution < -0.4 is 14.8 Å². The van der Waals surface area contributed by atoms with E-state index in [-0.39, 0.29) is 12.7 Å². The van der Waals surface area contributed by atoms with Gasteiger partial charge in [0.05, 0.1) is 5.56 Å². The number of hydrogen-bond acceptors (Lipinski definition) is 5. The first-order chi connectivity index (χ1) is 13.3. The summed E-state index contributed by atoms with van der Waals surface area (Å²) in [5, 5.41) is 5.10. The van der Waals surface area contributed by atoms with Crippen LogP contribution >= 0.6 is 23.1 Å². The molecule has 0 fully saturated rings. The van der Waals surface area contributed by atoms with Crippen LogP contribution in [0.3, 0.4) is 0 Å². The Morgan fingerprint density at radius 2 is 1.96 bits per heavy atom. The molecular formula is C21H19NO3S2. The van der Waals surface area contributed by atoms with Gasteiger partial charge in [-0.2, -0.15) is 0 Å². The van der Waals surface area contributed by atoms with Crippen molar-refractivity contribution in [2.24, 2.45) is 0 Å². The van der Waals surface area contributed by atoms with Crippen LogP contribution in [0.5, 0.6) is 11.5 Å². The number of benzene rings is 2. The van der Waals surface area contributed by atoms with Gasteiger partial charge in [0, 0.05) is 22.1 Å². The van der Waals surface area contributed by atoms with Crippen molar-refractivity contribution in [3.8, 4) is 11.5 Å². The molecule has 2 aromatic carbocycles. The summed E-state index contributed by atoms with van der Waals surface area (Å²) >= 11 is 3.43. The maximum absolute atomic E-state index is 12.6. The average molecular weight is 398 g/mol. The fourth-order valence-electron chi connectivity index (χ4n) is 2.84. The summed E-state index contributed by atoms with van der Waals surface area (Å²) in [5.74, 6) is 2.39. The van der Waals surface area contributed by atoms with Gasteiger partial charge in [-0.15, -0.1) is 23.1 Å². The number of hydrogen-bond donors (Lipinski definition) is 1. The van der Waals surface area contributed by atoms with E-state index in [9.17, 15) is 4.79 Å². The van der Waals surface area contributed by atoms with Gasteiger partial charge < -0.3 is 14.8 Å². The monoisotopic (exact) mass is 397 g/mol. The number of ether oxygens (including phenoxy) is 2. The smallest absolute Gasteiger partial charge is 0.252 e. The van der Waals surface area contributed by atoms with Crippen molar-refractivity contribution in [2.75, 3.05) is 13.3 Å². The molecule has 27 heavy (non-hydrogen) atoms. The molecule has 1 aliphatic rings. The van der Waals surface area contributed by atoms with Gasteiger partial charge in [0.25, 0.3) is 5.91 Å². The minimum absolute atomic E-state index is 0.0370. The van der Waals surface area contributed by atoms with Crippen LogP contribution in [0.4, 0.5) is 0 Å². The molecule has 0 bridgehead atoms. The largest absolute Gasteiger partial charge is 0.454 e. The first kappa shape index (κ1) is 17.9. The van der Waals surface area contributed by atoms with Crippen molar-refractivity contribution >= 4 is 29.0 Å². The minimum atomic E-state index is -0.0370. The highest BCUT2D eigenvalue weighted by Gasteiger charge is 2.14. The third-order valence-electron chi connectivity index (χ3n) is 4.22. The standard InChI is InChI=1S/C21H19NO3S2/c23-21(22-10-9-15-7-8-18-19(12-15)25-14-24-18)17-5-1-2-6-20(17)27-13-16-4-3-11-26-16/h1-8,11-12H,9-10,13-14H2,(H,22,23). The maximum Gasteiger partial charge on any atom is 0.252 e. The summed E-state index contributed by atoms with van der Waals surface area (Å²) in [5.41, 5.74) is 1.84. The maximum atomic E-state index is 12.6. The van der Waals surface area contributed by atoms with Gasteiger partial charge in [-0.1, -0.05) is 24.3 Å². The van der Waals surface area contributed by atoms with E-state index in [0.29, 0.717) is 6.54 Å². The molecule has 0 saturated carbocycles. The Labute approximate surface area is 166 Å². The first-order valence-electron chi connectivity index (χ1n) is 8.70. The van der Waals surface area contributed by atoms with E-state index < -0.39 is 0 Å². The summed E-state index contributed by atoms with van der Waals surface area (Å²) in [6.07, 6.45) is 0.743. The highest BCUT2D eigenvalue weighted by Crippen LogP contribution is 2.32. The Hall–Kier alpha value is -2.44. The van der Waals surface area contributed by atoms with Crippen LogP contribution in [0.15, 0.2) is 64.9 Å². The number of thioether (sulfide) groups is 1. The topological polar surface area (TPSA) is 47.6 Å². The minimum Gasteiger partial charge on any atom is -0.454 e. The molecule has 2 heterocycles.